The molecule has 1 saturated heterocycles. The molecular formula is C14H17NO5. The minimum absolute atomic E-state index is 0.143. The van der Waals surface area contributed by atoms with E-state index in [9.17, 15) is 14.7 Å². The van der Waals surface area contributed by atoms with Gasteiger partial charge in [0.1, 0.15) is 5.60 Å². The third kappa shape index (κ3) is 3.34. The molecule has 0 bridgehead atoms. The van der Waals surface area contributed by atoms with E-state index in [0.717, 1.165) is 0 Å². The maximum atomic E-state index is 11.9. The van der Waals surface area contributed by atoms with Gasteiger partial charge >= 0.3 is 5.97 Å². The van der Waals surface area contributed by atoms with Gasteiger partial charge in [-0.2, -0.15) is 0 Å². The lowest BCUT2D eigenvalue weighted by atomic mass is 10.0. The zero-order valence-corrected chi connectivity index (χ0v) is 11.2. The summed E-state index contributed by atoms with van der Waals surface area (Å²) in [5.41, 5.74) is -0.186. The third-order valence-corrected chi connectivity index (χ3v) is 3.23. The molecule has 6 nitrogen and oxygen atoms in total. The van der Waals surface area contributed by atoms with Gasteiger partial charge in [0.05, 0.1) is 19.3 Å². The average molecular weight is 279 g/mol. The van der Waals surface area contributed by atoms with Crippen LogP contribution in [0.4, 0.5) is 0 Å². The van der Waals surface area contributed by atoms with Crippen LogP contribution in [0.2, 0.25) is 0 Å². The number of methoxy groups -OCH3 is 1. The second-order valence-corrected chi connectivity index (χ2v) is 4.78. The Bertz CT molecular complexity index is 491. The van der Waals surface area contributed by atoms with Crippen molar-refractivity contribution in [3.05, 3.63) is 35.4 Å². The van der Waals surface area contributed by atoms with Crippen LogP contribution in [0.25, 0.3) is 0 Å². The van der Waals surface area contributed by atoms with Crippen LogP contribution in [-0.4, -0.2) is 49.5 Å². The molecule has 108 valence electrons. The van der Waals surface area contributed by atoms with Gasteiger partial charge in [0.15, 0.2) is 0 Å². The highest BCUT2D eigenvalue weighted by Crippen LogP contribution is 2.17. The summed E-state index contributed by atoms with van der Waals surface area (Å²) in [6.07, 6.45) is 0.508. The highest BCUT2D eigenvalue weighted by Gasteiger charge is 2.32. The number of ether oxygens (including phenoxy) is 2. The molecular weight excluding hydrogens is 262 g/mol. The molecule has 1 atom stereocenters. The molecule has 2 N–H and O–H groups in total. The Kier molecular flexibility index (Phi) is 4.36. The van der Waals surface area contributed by atoms with E-state index in [0.29, 0.717) is 24.2 Å². The number of carbonyl (C=O) groups is 2. The summed E-state index contributed by atoms with van der Waals surface area (Å²) >= 11 is 0. The quantitative estimate of drug-likeness (QED) is 0.777. The van der Waals surface area contributed by atoms with Gasteiger partial charge in [-0.15, -0.1) is 0 Å². The molecule has 1 fully saturated rings. The number of carbonyl (C=O) groups excluding carboxylic acids is 2. The maximum Gasteiger partial charge on any atom is 0.337 e. The molecule has 1 aliphatic heterocycles. The minimum Gasteiger partial charge on any atom is -0.465 e. The number of hydrogen-bond acceptors (Lipinski definition) is 5. The van der Waals surface area contributed by atoms with Gasteiger partial charge in [0.25, 0.3) is 5.91 Å². The lowest BCUT2D eigenvalue weighted by Gasteiger charge is -2.20. The molecule has 6 heteroatoms. The highest BCUT2D eigenvalue weighted by molar-refractivity contribution is 5.96. The average Bonchev–Trinajstić information content (AvgIpc) is 2.91. The first-order chi connectivity index (χ1) is 9.54. The summed E-state index contributed by atoms with van der Waals surface area (Å²) in [5, 5.41) is 12.7. The van der Waals surface area contributed by atoms with Crippen molar-refractivity contribution < 1.29 is 24.2 Å². The van der Waals surface area contributed by atoms with E-state index in [2.05, 4.69) is 10.1 Å². The van der Waals surface area contributed by atoms with Gasteiger partial charge in [0, 0.05) is 25.1 Å². The molecule has 1 heterocycles. The Morgan fingerprint density at radius 1 is 1.35 bits per heavy atom. The zero-order chi connectivity index (χ0) is 14.6. The van der Waals surface area contributed by atoms with Gasteiger partial charge in [-0.3, -0.25) is 4.79 Å². The van der Waals surface area contributed by atoms with Gasteiger partial charge in [0.2, 0.25) is 0 Å². The maximum absolute atomic E-state index is 11.9. The van der Waals surface area contributed by atoms with Crippen molar-refractivity contribution in [1.29, 1.82) is 0 Å². The first-order valence-electron chi connectivity index (χ1n) is 6.31. The number of amides is 1. The lowest BCUT2D eigenvalue weighted by molar-refractivity contribution is 0.0264. The third-order valence-electron chi connectivity index (χ3n) is 3.23. The van der Waals surface area contributed by atoms with Gasteiger partial charge in [-0.1, -0.05) is 0 Å². The molecule has 0 saturated carbocycles. The molecule has 0 aromatic heterocycles. The van der Waals surface area contributed by atoms with Crippen LogP contribution in [0.3, 0.4) is 0 Å². The predicted octanol–water partition coefficient (Wildman–Crippen LogP) is 0.354. The molecule has 1 aromatic carbocycles. The number of nitrogens with one attached hydrogen (secondary N) is 1. The van der Waals surface area contributed by atoms with Crippen molar-refractivity contribution in [3.8, 4) is 0 Å². The van der Waals surface area contributed by atoms with Crippen LogP contribution < -0.4 is 5.32 Å². The van der Waals surface area contributed by atoms with E-state index in [1.807, 2.05) is 0 Å². The van der Waals surface area contributed by atoms with Crippen LogP contribution in [0, 0.1) is 0 Å². The first kappa shape index (κ1) is 14.5. The number of hydrogen-bond donors (Lipinski definition) is 2. The number of rotatable bonds is 4. The largest absolute Gasteiger partial charge is 0.465 e. The summed E-state index contributed by atoms with van der Waals surface area (Å²) in [5.74, 6) is -0.754. The fraction of sp³-hybridized carbons (Fsp3) is 0.429. The molecule has 0 unspecified atom stereocenters. The van der Waals surface area contributed by atoms with E-state index >= 15 is 0 Å². The van der Waals surface area contributed by atoms with E-state index in [-0.39, 0.29) is 19.1 Å². The van der Waals surface area contributed by atoms with Crippen molar-refractivity contribution in [2.24, 2.45) is 0 Å². The number of esters is 1. The SMILES string of the molecule is COC(=O)c1ccc(C(=O)NC[C@@]2(O)CCOC2)cc1. The molecule has 1 aliphatic rings. The molecule has 20 heavy (non-hydrogen) atoms. The van der Waals surface area contributed by atoms with Gasteiger partial charge in [-0.25, -0.2) is 4.79 Å². The summed E-state index contributed by atoms with van der Waals surface area (Å²) in [6, 6.07) is 6.12. The van der Waals surface area contributed by atoms with Gasteiger partial charge < -0.3 is 19.9 Å². The predicted molar refractivity (Wildman–Crippen MR) is 70.5 cm³/mol. The van der Waals surface area contributed by atoms with Crippen LogP contribution >= 0.6 is 0 Å². The second kappa shape index (κ2) is 6.02. The monoisotopic (exact) mass is 279 g/mol. The fourth-order valence-electron chi connectivity index (χ4n) is 1.96. The summed E-state index contributed by atoms with van der Waals surface area (Å²) in [6.45, 7) is 0.874. The Morgan fingerprint density at radius 2 is 2.00 bits per heavy atom. The fourth-order valence-corrected chi connectivity index (χ4v) is 1.96. The van der Waals surface area contributed by atoms with Crippen LogP contribution in [0.15, 0.2) is 24.3 Å². The Labute approximate surface area is 116 Å². The van der Waals surface area contributed by atoms with E-state index in [1.54, 1.807) is 0 Å². The Balaban J connectivity index is 1.94. The smallest absolute Gasteiger partial charge is 0.337 e. The van der Waals surface area contributed by atoms with E-state index in [4.69, 9.17) is 4.74 Å². The summed E-state index contributed by atoms with van der Waals surface area (Å²) < 4.78 is 9.68. The van der Waals surface area contributed by atoms with Crippen molar-refractivity contribution in [3.63, 3.8) is 0 Å². The lowest BCUT2D eigenvalue weighted by Crippen LogP contribution is -2.43. The summed E-state index contributed by atoms with van der Waals surface area (Å²) in [7, 11) is 1.30. The Hall–Kier alpha value is -1.92. The first-order valence-corrected chi connectivity index (χ1v) is 6.31. The molecule has 1 amide bonds. The second-order valence-electron chi connectivity index (χ2n) is 4.78. The van der Waals surface area contributed by atoms with Crippen LogP contribution in [0.1, 0.15) is 27.1 Å². The zero-order valence-electron chi connectivity index (χ0n) is 11.2. The van der Waals surface area contributed by atoms with Crippen LogP contribution in [0.5, 0.6) is 0 Å². The van der Waals surface area contributed by atoms with Crippen molar-refractivity contribution in [1.82, 2.24) is 5.32 Å². The summed E-state index contributed by atoms with van der Waals surface area (Å²) in [4.78, 5) is 23.2. The van der Waals surface area contributed by atoms with Crippen molar-refractivity contribution in [2.75, 3.05) is 26.9 Å². The van der Waals surface area contributed by atoms with E-state index in [1.165, 1.54) is 31.4 Å². The van der Waals surface area contributed by atoms with Crippen molar-refractivity contribution >= 4 is 11.9 Å². The molecule has 2 rings (SSSR count). The number of aliphatic hydroxyl groups is 1. The normalized spacial score (nSPS) is 21.5. The molecule has 0 spiro atoms. The number of benzene rings is 1. The topological polar surface area (TPSA) is 84.9 Å². The van der Waals surface area contributed by atoms with Crippen LogP contribution in [-0.2, 0) is 9.47 Å². The van der Waals surface area contributed by atoms with Gasteiger partial charge in [-0.05, 0) is 24.3 Å². The highest BCUT2D eigenvalue weighted by atomic mass is 16.5. The molecule has 0 radical (unpaired) electrons. The molecule has 1 aromatic rings. The Morgan fingerprint density at radius 3 is 2.55 bits per heavy atom. The molecule has 0 aliphatic carbocycles. The van der Waals surface area contributed by atoms with Crippen molar-refractivity contribution in [2.45, 2.75) is 12.0 Å². The standard InChI is InChI=1S/C14H17NO5/c1-19-13(17)11-4-2-10(3-5-11)12(16)15-8-14(18)6-7-20-9-14/h2-5,18H,6-9H2,1H3,(H,15,16)/t14-/m0/s1. The van der Waals surface area contributed by atoms with E-state index < -0.39 is 11.6 Å². The minimum atomic E-state index is -0.985.